The molecule has 0 amide bonds. The van der Waals surface area contributed by atoms with Gasteiger partial charge >= 0.3 is 0 Å². The van der Waals surface area contributed by atoms with E-state index in [0.29, 0.717) is 11.8 Å². The quantitative estimate of drug-likeness (QED) is 0.402. The van der Waals surface area contributed by atoms with Crippen molar-refractivity contribution in [1.82, 2.24) is 0 Å². The number of hydrogen-bond donors (Lipinski definition) is 0. The van der Waals surface area contributed by atoms with Crippen LogP contribution >= 0.6 is 41.2 Å². The van der Waals surface area contributed by atoms with Crippen molar-refractivity contribution < 1.29 is 0 Å². The molecule has 0 aromatic heterocycles. The molecule has 2 aliphatic carbocycles. The van der Waals surface area contributed by atoms with Gasteiger partial charge in [0.2, 0.25) is 0 Å². The van der Waals surface area contributed by atoms with Crippen LogP contribution in [0.2, 0.25) is 0 Å². The van der Waals surface area contributed by atoms with E-state index >= 15 is 0 Å². The van der Waals surface area contributed by atoms with Crippen LogP contribution in [0.3, 0.4) is 0 Å². The molecular formula is C16H22S4. The van der Waals surface area contributed by atoms with Gasteiger partial charge in [-0.25, -0.2) is 0 Å². The highest BCUT2D eigenvalue weighted by Gasteiger charge is 2.32. The smallest absolute Gasteiger partial charge is 0.0485 e. The lowest BCUT2D eigenvalue weighted by atomic mass is 9.91. The number of rotatable bonds is 5. The van der Waals surface area contributed by atoms with Crippen molar-refractivity contribution in [2.45, 2.75) is 37.2 Å². The highest BCUT2D eigenvalue weighted by Crippen LogP contribution is 2.56. The number of hydrogen-bond acceptors (Lipinski definition) is 4. The fourth-order valence-electron chi connectivity index (χ4n) is 2.02. The second-order valence-electron chi connectivity index (χ2n) is 5.74. The monoisotopic (exact) mass is 342 g/mol. The fraction of sp³-hybridized carbons (Fsp3) is 0.500. The molecule has 4 atom stereocenters. The summed E-state index contributed by atoms with van der Waals surface area (Å²) in [6.07, 6.45) is 17.9. The lowest BCUT2D eigenvalue weighted by molar-refractivity contribution is 0.603. The zero-order valence-corrected chi connectivity index (χ0v) is 15.7. The van der Waals surface area contributed by atoms with Crippen molar-refractivity contribution >= 4 is 41.2 Å². The molecular weight excluding hydrogens is 320 g/mol. The van der Waals surface area contributed by atoms with Crippen molar-refractivity contribution in [2.24, 2.45) is 11.8 Å². The van der Waals surface area contributed by atoms with Gasteiger partial charge < -0.3 is 0 Å². The topological polar surface area (TPSA) is 0 Å². The van der Waals surface area contributed by atoms with Crippen LogP contribution in [0.5, 0.6) is 0 Å². The lowest BCUT2D eigenvalue weighted by Crippen LogP contribution is -2.26. The summed E-state index contributed by atoms with van der Waals surface area (Å²) in [7, 11) is 7.77. The Morgan fingerprint density at radius 2 is 1.10 bits per heavy atom. The Kier molecular flexibility index (Phi) is 5.92. The summed E-state index contributed by atoms with van der Waals surface area (Å²) in [6.45, 7) is 9.25. The summed E-state index contributed by atoms with van der Waals surface area (Å²) < 4.78 is 0.420. The third-order valence-electron chi connectivity index (χ3n) is 4.14. The van der Waals surface area contributed by atoms with E-state index in [1.807, 2.05) is 41.2 Å². The maximum atomic E-state index is 2.33. The first-order chi connectivity index (χ1) is 9.46. The molecule has 0 saturated carbocycles. The van der Waals surface area contributed by atoms with Gasteiger partial charge in [0, 0.05) is 9.49 Å². The molecule has 0 heterocycles. The average Bonchev–Trinajstić information content (AvgIpc) is 2.42. The summed E-state index contributed by atoms with van der Waals surface area (Å²) in [5, 5.41) is 0. The van der Waals surface area contributed by atoms with Crippen LogP contribution in [0.1, 0.15) is 27.7 Å². The Bertz CT molecular complexity index is 409. The first-order valence-corrected chi connectivity index (χ1v) is 11.7. The van der Waals surface area contributed by atoms with Gasteiger partial charge in [-0.15, -0.1) is 0 Å². The summed E-state index contributed by atoms with van der Waals surface area (Å²) in [6, 6.07) is 0. The van der Waals surface area contributed by atoms with Crippen LogP contribution in [-0.4, -0.2) is 9.49 Å². The zero-order chi connectivity index (χ0) is 14.6. The molecule has 2 aliphatic rings. The minimum atomic E-state index is 0.210. The molecule has 4 unspecified atom stereocenters. The van der Waals surface area contributed by atoms with Gasteiger partial charge in [0.05, 0.1) is 0 Å². The molecule has 110 valence electrons. The Morgan fingerprint density at radius 3 is 1.45 bits per heavy atom. The van der Waals surface area contributed by atoms with E-state index < -0.39 is 0 Å². The van der Waals surface area contributed by atoms with Gasteiger partial charge in [0.25, 0.3) is 0 Å². The number of allylic oxidation sites excluding steroid dienone is 6. The predicted molar refractivity (Wildman–Crippen MR) is 102 cm³/mol. The Hall–Kier alpha value is 0.360. The van der Waals surface area contributed by atoms with Gasteiger partial charge in [-0.05, 0) is 45.3 Å². The Labute approximate surface area is 138 Å². The summed E-state index contributed by atoms with van der Waals surface area (Å²) in [5.74, 6) is 1.17. The standard InChI is InChI=1S/C16H22S4/c1-13-9-5-7-11-15(13,3)17-19-20-18-16(4)12-8-6-10-14(16)2/h5-14H,1-4H3. The first-order valence-electron chi connectivity index (χ1n) is 6.88. The van der Waals surface area contributed by atoms with Gasteiger partial charge in [0.15, 0.2) is 0 Å². The fourth-order valence-corrected chi connectivity index (χ4v) is 10.0. The molecule has 0 aromatic rings. The second kappa shape index (κ2) is 7.08. The molecule has 0 aromatic carbocycles. The van der Waals surface area contributed by atoms with E-state index in [0.717, 1.165) is 0 Å². The summed E-state index contributed by atoms with van der Waals surface area (Å²) in [4.78, 5) is 0. The third kappa shape index (κ3) is 3.96. The Morgan fingerprint density at radius 1 is 0.700 bits per heavy atom. The second-order valence-corrected chi connectivity index (χ2v) is 12.4. The van der Waals surface area contributed by atoms with Crippen LogP contribution < -0.4 is 0 Å². The lowest BCUT2D eigenvalue weighted by Gasteiger charge is -2.33. The van der Waals surface area contributed by atoms with E-state index in [9.17, 15) is 0 Å². The van der Waals surface area contributed by atoms with E-state index in [2.05, 4.69) is 76.3 Å². The molecule has 0 saturated heterocycles. The van der Waals surface area contributed by atoms with Crippen molar-refractivity contribution in [2.75, 3.05) is 0 Å². The SMILES string of the molecule is CC1C=CC=CC1(C)SSSSC1(C)C=CC=CC1C. The van der Waals surface area contributed by atoms with Crippen molar-refractivity contribution in [3.05, 3.63) is 48.6 Å². The van der Waals surface area contributed by atoms with Crippen LogP contribution in [-0.2, 0) is 0 Å². The van der Waals surface area contributed by atoms with Crippen molar-refractivity contribution in [3.8, 4) is 0 Å². The van der Waals surface area contributed by atoms with Gasteiger partial charge in [-0.3, -0.25) is 0 Å². The van der Waals surface area contributed by atoms with Crippen molar-refractivity contribution in [3.63, 3.8) is 0 Å². The summed E-state index contributed by atoms with van der Waals surface area (Å²) >= 11 is 0. The average molecular weight is 343 g/mol. The maximum Gasteiger partial charge on any atom is 0.0485 e. The third-order valence-corrected chi connectivity index (χ3v) is 12.0. The van der Waals surface area contributed by atoms with Gasteiger partial charge in [0.1, 0.15) is 0 Å². The molecule has 0 spiro atoms. The van der Waals surface area contributed by atoms with Crippen LogP contribution in [0.15, 0.2) is 48.6 Å². The highest BCUT2D eigenvalue weighted by molar-refractivity contribution is 9.26. The molecule has 0 fully saturated rings. The minimum Gasteiger partial charge on any atom is -0.0800 e. The maximum absolute atomic E-state index is 2.33. The molecule has 20 heavy (non-hydrogen) atoms. The largest absolute Gasteiger partial charge is 0.0800 e. The highest BCUT2D eigenvalue weighted by atomic mass is 33.7. The van der Waals surface area contributed by atoms with Crippen LogP contribution in [0, 0.1) is 11.8 Å². The van der Waals surface area contributed by atoms with E-state index in [4.69, 9.17) is 0 Å². The van der Waals surface area contributed by atoms with Crippen LogP contribution in [0.4, 0.5) is 0 Å². The first kappa shape index (κ1) is 16.7. The predicted octanol–water partition coefficient (Wildman–Crippen LogP) is 6.71. The van der Waals surface area contributed by atoms with E-state index in [-0.39, 0.29) is 9.49 Å². The molecule has 0 N–H and O–H groups in total. The zero-order valence-electron chi connectivity index (χ0n) is 12.4. The van der Waals surface area contributed by atoms with Crippen LogP contribution in [0.25, 0.3) is 0 Å². The molecule has 0 radical (unpaired) electrons. The minimum absolute atomic E-state index is 0.210. The molecule has 0 bridgehead atoms. The van der Waals surface area contributed by atoms with E-state index in [1.54, 1.807) is 0 Å². The van der Waals surface area contributed by atoms with E-state index in [1.165, 1.54) is 0 Å². The molecule has 4 heteroatoms. The molecule has 2 rings (SSSR count). The van der Waals surface area contributed by atoms with Gasteiger partial charge in [-0.1, -0.05) is 84.0 Å². The Balaban J connectivity index is 1.80. The normalized spacial score (nSPS) is 39.4. The molecule has 0 nitrogen and oxygen atoms in total. The molecule has 0 aliphatic heterocycles. The van der Waals surface area contributed by atoms with Crippen molar-refractivity contribution in [1.29, 1.82) is 0 Å². The summed E-state index contributed by atoms with van der Waals surface area (Å²) in [5.41, 5.74) is 0. The van der Waals surface area contributed by atoms with Gasteiger partial charge in [-0.2, -0.15) is 0 Å².